The van der Waals surface area contributed by atoms with Crippen molar-refractivity contribution in [1.82, 2.24) is 4.90 Å². The van der Waals surface area contributed by atoms with Gasteiger partial charge in [-0.05, 0) is 36.5 Å². The maximum Gasteiger partial charge on any atom is 0.192 e. The predicted octanol–water partition coefficient (Wildman–Crippen LogP) is 5.49. The summed E-state index contributed by atoms with van der Waals surface area (Å²) >= 11 is 7.74. The van der Waals surface area contributed by atoms with Gasteiger partial charge in [-0.3, -0.25) is 4.79 Å². The SMILES string of the molecule is COc1ccc(Cl)cc1C(=O)/C=C1\SC(C(C)(C)C)=CN1CC1CCCO1. The number of hydrogen-bond donors (Lipinski definition) is 0. The van der Waals surface area contributed by atoms with E-state index < -0.39 is 0 Å². The molecule has 1 saturated heterocycles. The van der Waals surface area contributed by atoms with Crippen LogP contribution >= 0.6 is 23.4 Å². The smallest absolute Gasteiger partial charge is 0.192 e. The van der Waals surface area contributed by atoms with Gasteiger partial charge in [-0.25, -0.2) is 0 Å². The molecule has 0 aliphatic carbocycles. The molecular formula is C21H26ClNO3S. The van der Waals surface area contributed by atoms with E-state index in [0.717, 1.165) is 31.0 Å². The molecule has 1 atom stereocenters. The lowest BCUT2D eigenvalue weighted by atomic mass is 9.96. The standard InChI is InChI=1S/C21H26ClNO3S/c1-21(2,3)19-13-23(12-15-6-5-9-26-15)20(27-19)11-17(24)16-10-14(22)7-8-18(16)25-4/h7-8,10-11,13,15H,5-6,9,12H2,1-4H3/b20-11-. The van der Waals surface area contributed by atoms with Gasteiger partial charge in [-0.1, -0.05) is 44.1 Å². The van der Waals surface area contributed by atoms with Gasteiger partial charge in [-0.15, -0.1) is 0 Å². The second kappa shape index (κ2) is 8.29. The summed E-state index contributed by atoms with van der Waals surface area (Å²) in [6, 6.07) is 5.10. The minimum atomic E-state index is -0.113. The number of halogens is 1. The highest BCUT2D eigenvalue weighted by Crippen LogP contribution is 2.46. The molecule has 0 N–H and O–H groups in total. The van der Waals surface area contributed by atoms with E-state index in [1.807, 2.05) is 0 Å². The van der Waals surface area contributed by atoms with E-state index in [0.29, 0.717) is 16.3 Å². The summed E-state index contributed by atoms with van der Waals surface area (Å²) in [6.45, 7) is 8.13. The van der Waals surface area contributed by atoms with E-state index in [1.165, 1.54) is 4.91 Å². The summed E-state index contributed by atoms with van der Waals surface area (Å²) in [5.41, 5.74) is 0.491. The van der Waals surface area contributed by atoms with Crippen molar-refractivity contribution in [2.75, 3.05) is 20.3 Å². The average molecular weight is 408 g/mol. The fraction of sp³-hybridized carbons (Fsp3) is 0.476. The van der Waals surface area contributed by atoms with E-state index >= 15 is 0 Å². The second-order valence-electron chi connectivity index (χ2n) is 7.82. The molecule has 3 rings (SSSR count). The lowest BCUT2D eigenvalue weighted by Gasteiger charge is -2.21. The zero-order valence-corrected chi connectivity index (χ0v) is 17.8. The van der Waals surface area contributed by atoms with Gasteiger partial charge in [0.05, 0.1) is 23.8 Å². The first-order valence-electron chi connectivity index (χ1n) is 9.16. The summed E-state index contributed by atoms with van der Waals surface area (Å²) in [7, 11) is 1.56. The normalized spacial score (nSPS) is 21.7. The number of benzene rings is 1. The predicted molar refractivity (Wildman–Crippen MR) is 111 cm³/mol. The minimum Gasteiger partial charge on any atom is -0.496 e. The molecule has 0 aromatic heterocycles. The van der Waals surface area contributed by atoms with Gasteiger partial charge in [0.25, 0.3) is 0 Å². The zero-order chi connectivity index (χ0) is 19.6. The molecule has 0 spiro atoms. The molecule has 1 aromatic rings. The number of carbonyl (C=O) groups is 1. The van der Waals surface area contributed by atoms with Crippen molar-refractivity contribution in [3.05, 3.63) is 51.0 Å². The minimum absolute atomic E-state index is 0.0197. The molecule has 6 heteroatoms. The molecular weight excluding hydrogens is 382 g/mol. The van der Waals surface area contributed by atoms with Gasteiger partial charge in [0.1, 0.15) is 5.75 Å². The van der Waals surface area contributed by atoms with Crippen molar-refractivity contribution in [2.24, 2.45) is 5.41 Å². The lowest BCUT2D eigenvalue weighted by molar-refractivity contribution is 0.0944. The van der Waals surface area contributed by atoms with E-state index in [4.69, 9.17) is 21.1 Å². The van der Waals surface area contributed by atoms with E-state index in [9.17, 15) is 4.79 Å². The van der Waals surface area contributed by atoms with Crippen LogP contribution in [0, 0.1) is 5.41 Å². The quantitative estimate of drug-likeness (QED) is 0.476. The number of nitrogens with zero attached hydrogens (tertiary/aromatic N) is 1. The fourth-order valence-corrected chi connectivity index (χ4v) is 4.37. The Morgan fingerprint density at radius 1 is 1.44 bits per heavy atom. The Kier molecular flexibility index (Phi) is 6.24. The Morgan fingerprint density at radius 2 is 2.22 bits per heavy atom. The Balaban J connectivity index is 1.88. The molecule has 2 aliphatic rings. The summed E-state index contributed by atoms with van der Waals surface area (Å²) in [5, 5.41) is 1.43. The topological polar surface area (TPSA) is 38.8 Å². The number of methoxy groups -OCH3 is 1. The van der Waals surface area contributed by atoms with Crippen molar-refractivity contribution in [3.63, 3.8) is 0 Å². The molecule has 1 fully saturated rings. The first-order chi connectivity index (χ1) is 12.8. The van der Waals surface area contributed by atoms with Crippen LogP contribution in [0.15, 0.2) is 40.4 Å². The van der Waals surface area contributed by atoms with Crippen LogP contribution in [0.4, 0.5) is 0 Å². The molecule has 0 amide bonds. The van der Waals surface area contributed by atoms with E-state index in [1.54, 1.807) is 43.1 Å². The molecule has 1 unspecified atom stereocenters. The van der Waals surface area contributed by atoms with Gasteiger partial charge in [-0.2, -0.15) is 0 Å². The third kappa shape index (κ3) is 4.89. The summed E-state index contributed by atoms with van der Waals surface area (Å²) in [4.78, 5) is 16.3. The van der Waals surface area contributed by atoms with Crippen LogP contribution in [0.25, 0.3) is 0 Å². The van der Waals surface area contributed by atoms with Gasteiger partial charge in [0, 0.05) is 35.4 Å². The number of carbonyl (C=O) groups excluding carboxylic acids is 1. The van der Waals surface area contributed by atoms with Gasteiger partial charge in [0.2, 0.25) is 0 Å². The van der Waals surface area contributed by atoms with Crippen LogP contribution in [0.3, 0.4) is 0 Å². The Labute approximate surface area is 170 Å². The summed E-state index contributed by atoms with van der Waals surface area (Å²) in [6.07, 6.45) is 6.20. The average Bonchev–Trinajstić information content (AvgIpc) is 3.25. The van der Waals surface area contributed by atoms with Crippen molar-refractivity contribution < 1.29 is 14.3 Å². The summed E-state index contributed by atoms with van der Waals surface area (Å²) < 4.78 is 11.1. The van der Waals surface area contributed by atoms with E-state index in [2.05, 4.69) is 31.9 Å². The molecule has 1 aromatic carbocycles. The van der Waals surface area contributed by atoms with Crippen molar-refractivity contribution in [3.8, 4) is 5.75 Å². The maximum atomic E-state index is 13.0. The number of ketones is 1. The molecule has 0 radical (unpaired) electrons. The first kappa shape index (κ1) is 20.3. The molecule has 146 valence electrons. The molecule has 0 saturated carbocycles. The van der Waals surface area contributed by atoms with Crippen LogP contribution in [-0.4, -0.2) is 37.0 Å². The van der Waals surface area contributed by atoms with Crippen molar-refractivity contribution >= 4 is 29.1 Å². The van der Waals surface area contributed by atoms with Crippen molar-refractivity contribution in [2.45, 2.75) is 39.7 Å². The third-order valence-electron chi connectivity index (χ3n) is 4.62. The van der Waals surface area contributed by atoms with Crippen LogP contribution in [-0.2, 0) is 4.74 Å². The monoisotopic (exact) mass is 407 g/mol. The lowest BCUT2D eigenvalue weighted by Crippen LogP contribution is -2.25. The van der Waals surface area contributed by atoms with Crippen LogP contribution in [0.5, 0.6) is 5.75 Å². The van der Waals surface area contributed by atoms with E-state index in [-0.39, 0.29) is 17.3 Å². The molecule has 2 heterocycles. The number of rotatable bonds is 5. The molecule has 27 heavy (non-hydrogen) atoms. The number of allylic oxidation sites excluding steroid dienone is 2. The van der Waals surface area contributed by atoms with Gasteiger partial charge in [0.15, 0.2) is 5.78 Å². The summed E-state index contributed by atoms with van der Waals surface area (Å²) in [5.74, 6) is 0.414. The Bertz CT molecular complexity index is 776. The third-order valence-corrected chi connectivity index (χ3v) is 6.35. The number of hydrogen-bond acceptors (Lipinski definition) is 5. The maximum absolute atomic E-state index is 13.0. The largest absolute Gasteiger partial charge is 0.496 e. The number of ether oxygens (including phenoxy) is 2. The Hall–Kier alpha value is -1.43. The Morgan fingerprint density at radius 3 is 2.85 bits per heavy atom. The zero-order valence-electron chi connectivity index (χ0n) is 16.3. The highest BCUT2D eigenvalue weighted by atomic mass is 35.5. The van der Waals surface area contributed by atoms with Crippen LogP contribution in [0.1, 0.15) is 44.0 Å². The second-order valence-corrected chi connectivity index (χ2v) is 9.32. The van der Waals surface area contributed by atoms with Crippen LogP contribution < -0.4 is 4.74 Å². The highest BCUT2D eigenvalue weighted by Gasteiger charge is 2.30. The van der Waals surface area contributed by atoms with Crippen LogP contribution in [0.2, 0.25) is 5.02 Å². The van der Waals surface area contributed by atoms with Gasteiger partial charge >= 0.3 is 0 Å². The van der Waals surface area contributed by atoms with Crippen molar-refractivity contribution in [1.29, 1.82) is 0 Å². The molecule has 0 bridgehead atoms. The molecule has 2 aliphatic heterocycles. The fourth-order valence-electron chi connectivity index (χ4n) is 3.07. The first-order valence-corrected chi connectivity index (χ1v) is 10.4. The highest BCUT2D eigenvalue weighted by molar-refractivity contribution is 8.07. The molecule has 4 nitrogen and oxygen atoms in total. The van der Waals surface area contributed by atoms with Gasteiger partial charge < -0.3 is 14.4 Å². The number of thioether (sulfide) groups is 1.